The van der Waals surface area contributed by atoms with Gasteiger partial charge in [0.15, 0.2) is 19.8 Å². The van der Waals surface area contributed by atoms with Gasteiger partial charge in [0.2, 0.25) is 5.91 Å². The van der Waals surface area contributed by atoms with Crippen LogP contribution in [0.25, 0.3) is 11.3 Å². The monoisotopic (exact) mass is 2030 g/mol. The number of carbonyl (C=O) groups excluding carboxylic acids is 9. The lowest BCUT2D eigenvalue weighted by molar-refractivity contribution is -0.384. The summed E-state index contributed by atoms with van der Waals surface area (Å²) in [7, 11) is 3.14. The van der Waals surface area contributed by atoms with E-state index in [0.717, 1.165) is 65.1 Å². The molecule has 12 aromatic rings. The normalized spacial score (nSPS) is 10.9. The summed E-state index contributed by atoms with van der Waals surface area (Å²) in [4.78, 5) is 136. The zero-order chi connectivity index (χ0) is 101. The minimum absolute atomic E-state index is 0.0708. The van der Waals surface area contributed by atoms with Gasteiger partial charge in [0, 0.05) is 81.5 Å². The summed E-state index contributed by atoms with van der Waals surface area (Å²) in [6.45, 7) is 6.52. The van der Waals surface area contributed by atoms with Crippen LogP contribution in [-0.4, -0.2) is 162 Å². The minimum Gasteiger partial charge on any atom is -0.497 e. The van der Waals surface area contributed by atoms with Crippen LogP contribution < -0.4 is 85.7 Å². The molecule has 9 N–H and O–H groups in total. The van der Waals surface area contributed by atoms with Gasteiger partial charge < -0.3 is 90.3 Å². The van der Waals surface area contributed by atoms with Gasteiger partial charge in [0.05, 0.1) is 51.9 Å². The average molecular weight is 2030 g/mol. The zero-order valence-electron chi connectivity index (χ0n) is 73.9. The molecule has 0 saturated heterocycles. The lowest BCUT2D eigenvalue weighted by atomic mass is 10.1. The quantitative estimate of drug-likeness (QED) is 0.00974. The number of rotatable bonds is 42. The Morgan fingerprint density at radius 3 is 1.24 bits per heavy atom. The van der Waals surface area contributed by atoms with Crippen LogP contribution in [0.3, 0.4) is 0 Å². The first kappa shape index (κ1) is 108. The maximum atomic E-state index is 12.6. The largest absolute Gasteiger partial charge is 0.573 e. The first-order valence-electron chi connectivity index (χ1n) is 41.2. The van der Waals surface area contributed by atoms with Crippen LogP contribution in [0, 0.1) is 23.0 Å². The fraction of sp³-hybridized carbons (Fsp3) is 0.267. The summed E-state index contributed by atoms with van der Waals surface area (Å²) in [5, 5.41) is 48.0. The summed E-state index contributed by atoms with van der Waals surface area (Å²) < 4.78 is 152. The van der Waals surface area contributed by atoms with E-state index in [1.807, 2.05) is 54.6 Å². The molecular formula is C90H87ClF9N15O20S4. The molecule has 0 aliphatic rings. The Morgan fingerprint density at radius 1 is 0.439 bits per heavy atom. The molecule has 5 aromatic heterocycles. The third-order valence-corrected chi connectivity index (χ3v) is 21.8. The zero-order valence-corrected chi connectivity index (χ0v) is 77.9. The van der Waals surface area contributed by atoms with Crippen molar-refractivity contribution in [2.75, 3.05) is 60.2 Å². The van der Waals surface area contributed by atoms with E-state index >= 15 is 0 Å². The van der Waals surface area contributed by atoms with Gasteiger partial charge in [-0.15, -0.1) is 84.9 Å². The Labute approximate surface area is 806 Å². The van der Waals surface area contributed by atoms with E-state index in [1.54, 1.807) is 60.9 Å². The van der Waals surface area contributed by atoms with Crippen LogP contribution in [0.5, 0.6) is 46.0 Å². The number of nitrogens with one attached hydrogen (secondary N) is 9. The summed E-state index contributed by atoms with van der Waals surface area (Å²) in [6, 6.07) is 41.4. The molecule has 0 saturated carbocycles. The second-order valence-electron chi connectivity index (χ2n) is 28.9. The van der Waals surface area contributed by atoms with Crippen molar-refractivity contribution in [3.8, 4) is 57.3 Å². The van der Waals surface area contributed by atoms with Gasteiger partial charge in [-0.2, -0.15) is 0 Å². The van der Waals surface area contributed by atoms with Gasteiger partial charge in [-0.05, 0) is 158 Å². The molecule has 0 atom stereocenters. The molecule has 0 aliphatic carbocycles. The lowest BCUT2D eigenvalue weighted by Crippen LogP contribution is -2.36. The maximum Gasteiger partial charge on any atom is 0.573 e. The summed E-state index contributed by atoms with van der Waals surface area (Å²) in [5.74, 6) is -1.77. The number of carbonyl (C=O) groups is 9. The van der Waals surface area contributed by atoms with Crippen LogP contribution in [0.4, 0.5) is 45.2 Å². The van der Waals surface area contributed by atoms with E-state index in [2.05, 4.69) is 101 Å². The highest BCUT2D eigenvalue weighted by Crippen LogP contribution is 2.31. The molecule has 0 unspecified atom stereocenters. The minimum atomic E-state index is -4.79. The van der Waals surface area contributed by atoms with E-state index in [0.29, 0.717) is 92.1 Å². The number of amides is 9. The van der Waals surface area contributed by atoms with Crippen molar-refractivity contribution < 1.29 is 130 Å². The number of nitrogens with zero attached hydrogens (tertiary/aromatic N) is 6. The molecule has 9 amide bonds. The van der Waals surface area contributed by atoms with E-state index in [4.69, 9.17) is 39.8 Å². The Bertz CT molecular complexity index is 6080. The molecule has 0 aliphatic heterocycles. The number of aromatic nitrogens is 5. The number of ether oxygens (including phenoxy) is 8. The average Bonchev–Trinajstić information content (AvgIpc) is 1.68. The van der Waals surface area contributed by atoms with Gasteiger partial charge in [-0.3, -0.25) is 53.3 Å². The Kier molecular flexibility index (Phi) is 41.4. The fourth-order valence-electron chi connectivity index (χ4n) is 11.4. The van der Waals surface area contributed by atoms with Gasteiger partial charge in [-0.1, -0.05) is 73.1 Å². The van der Waals surface area contributed by atoms with E-state index in [1.165, 1.54) is 106 Å². The Balaban J connectivity index is 0.000000208. The molecule has 736 valence electrons. The molecule has 0 spiro atoms. The van der Waals surface area contributed by atoms with Crippen LogP contribution in [0.15, 0.2) is 196 Å². The summed E-state index contributed by atoms with van der Waals surface area (Å²) in [6.07, 6.45) is -12.3. The smallest absolute Gasteiger partial charge is 0.497 e. The molecule has 7 aromatic carbocycles. The highest BCUT2D eigenvalue weighted by molar-refractivity contribution is 7.10. The van der Waals surface area contributed by atoms with Gasteiger partial charge in [0.25, 0.3) is 52.9 Å². The van der Waals surface area contributed by atoms with Gasteiger partial charge >= 0.3 is 19.1 Å². The molecule has 12 rings (SSSR count). The maximum absolute atomic E-state index is 12.6. The number of hydrogen-bond acceptors (Lipinski definition) is 29. The number of halogens is 10. The number of nitro groups is 1. The number of hydrogen-bond donors (Lipinski definition) is 9. The molecule has 139 heavy (non-hydrogen) atoms. The first-order valence-corrected chi connectivity index (χ1v) is 45.1. The molecule has 49 heteroatoms. The van der Waals surface area contributed by atoms with E-state index in [9.17, 15) is 92.8 Å². The number of thiazole rings is 4. The van der Waals surface area contributed by atoms with Crippen LogP contribution in [0.2, 0.25) is 5.02 Å². The molecule has 5 heterocycles. The second kappa shape index (κ2) is 53.5. The van der Waals surface area contributed by atoms with Crippen molar-refractivity contribution in [1.82, 2.24) is 72.9 Å². The van der Waals surface area contributed by atoms with Crippen molar-refractivity contribution in [3.63, 3.8) is 0 Å². The second-order valence-corrected chi connectivity index (χ2v) is 33.1. The fourth-order valence-corrected chi connectivity index (χ4v) is 14.5. The first-order chi connectivity index (χ1) is 66.3. The van der Waals surface area contributed by atoms with Crippen molar-refractivity contribution in [1.29, 1.82) is 0 Å². The number of benzene rings is 7. The van der Waals surface area contributed by atoms with Crippen molar-refractivity contribution in [3.05, 3.63) is 277 Å². The van der Waals surface area contributed by atoms with Crippen molar-refractivity contribution >= 4 is 116 Å². The molecule has 0 bridgehead atoms. The standard InChI is InChI=1S/C25H21F3N4O5S.C24H24F3N3O6S.C22H20ClN5O5S.C19H22F3N3O4S/c1-15-19(23(32-37-15)16-5-3-2-4-6-16)11-30-24(34)20-14-38-22(31-20)12-29-21(33)13-35-17-7-9-18(10-8-17)36-25(26,27)28;1-33-18-7-8-20(34-2)15(11-18)9-10-28-23(32)19-14-37-22(30-19)12-29-21(31)13-35-16-3-5-17(6-4-16)36-24(25,26)27;23-16-3-1-2-14(10-16)8-9-24-22(31)18-13-34-20(27-18)12-25-19(29)11-26-21(30)15-4-6-17(7-5-15)28(32)33;1-12(2)7-8-23-18(27)15-11-30-17(25-15)9-24-16(26)10-28-13-3-5-14(6-4-13)29-19(20,21)22/h2-10,14H,11-13H2,1H3,(H,29,33)(H,30,34);3-8,11,14H,9-10,12-13H2,1-2H3,(H,28,32)(H,29,31);1-7,10,13H,8-9,11-12H2,(H,24,31)(H,25,29)(H,26,30);3-6,11-12H,7-10H2,1-2H3,(H,23,27)(H,24,26). The Hall–Kier alpha value is -15.0. The summed E-state index contributed by atoms with van der Waals surface area (Å²) >= 11 is 10.8. The SMILES string of the molecule is CC(C)CCNC(=O)c1csc(CNC(=O)COc2ccc(OC(F)(F)F)cc2)n1.COc1ccc(OC)c(CCNC(=O)c2csc(CNC(=O)COc3ccc(OC(F)(F)F)cc3)n2)c1.Cc1onc(-c2ccccc2)c1CNC(=O)c1csc(CNC(=O)COc2ccc(OC(F)(F)F)cc2)n1.O=C(CNC(=O)c1ccc([N+](=O)[O-])cc1)NCc1nc(C(=O)NCCc2cccc(Cl)c2)cs1. The van der Waals surface area contributed by atoms with Crippen molar-refractivity contribution in [2.24, 2.45) is 5.92 Å². The number of methoxy groups -OCH3 is 2. The number of non-ortho nitro benzene ring substituents is 1. The van der Waals surface area contributed by atoms with E-state index < -0.39 is 65.0 Å². The van der Waals surface area contributed by atoms with Crippen LogP contribution >= 0.6 is 56.9 Å². The van der Waals surface area contributed by atoms with Gasteiger partial charge in [0.1, 0.15) is 100 Å². The van der Waals surface area contributed by atoms with Gasteiger partial charge in [-0.25, -0.2) is 19.9 Å². The molecule has 0 radical (unpaired) electrons. The third kappa shape index (κ3) is 38.9. The summed E-state index contributed by atoms with van der Waals surface area (Å²) in [5.41, 5.74) is 5.22. The van der Waals surface area contributed by atoms with Crippen LogP contribution in [0.1, 0.15) is 115 Å². The highest BCUT2D eigenvalue weighted by atomic mass is 35.5. The van der Waals surface area contributed by atoms with E-state index in [-0.39, 0.29) is 134 Å². The topological polar surface area (TPSA) is 456 Å². The molecular weight excluding hydrogens is 1950 g/mol. The number of aryl methyl sites for hydroxylation is 1. The number of alkyl halides is 9. The predicted molar refractivity (Wildman–Crippen MR) is 490 cm³/mol. The third-order valence-electron chi connectivity index (χ3n) is 18.1. The highest BCUT2D eigenvalue weighted by Gasteiger charge is 2.33. The Morgan fingerprint density at radius 2 is 0.842 bits per heavy atom. The predicted octanol–water partition coefficient (Wildman–Crippen LogP) is 14.6. The molecule has 0 fully saturated rings. The van der Waals surface area contributed by atoms with Crippen LogP contribution in [-0.2, 0) is 64.7 Å². The number of nitro benzene ring substituents is 1. The lowest BCUT2D eigenvalue weighted by Gasteiger charge is -2.10. The molecule has 35 nitrogen and oxygen atoms in total. The van der Waals surface area contributed by atoms with Crippen molar-refractivity contribution in [2.45, 2.75) is 91.8 Å².